The number of amides is 1. The molecule has 0 fully saturated rings. The van der Waals surface area contributed by atoms with Crippen LogP contribution in [0.4, 0.5) is 0 Å². The van der Waals surface area contributed by atoms with Gasteiger partial charge in [0.15, 0.2) is 6.61 Å². The van der Waals surface area contributed by atoms with E-state index in [1.807, 2.05) is 19.9 Å². The fourth-order valence-corrected chi connectivity index (χ4v) is 3.68. The van der Waals surface area contributed by atoms with Crippen LogP contribution in [0.15, 0.2) is 25.8 Å². The minimum Gasteiger partial charge on any atom is -0.483 e. The van der Waals surface area contributed by atoms with Crippen LogP contribution in [0.1, 0.15) is 34.0 Å². The zero-order valence-electron chi connectivity index (χ0n) is 17.5. The number of rotatable bonds is 5. The van der Waals surface area contributed by atoms with Crippen molar-refractivity contribution in [3.05, 3.63) is 56.6 Å². The average Bonchev–Trinajstić information content (AvgIpc) is 3.11. The van der Waals surface area contributed by atoms with E-state index in [9.17, 15) is 9.59 Å². The number of fused-ring (bicyclic) bond motifs is 2. The number of methoxy groups -OCH3 is 1. The number of hydrogen-bond donors (Lipinski definition) is 0. The van der Waals surface area contributed by atoms with Crippen LogP contribution < -0.4 is 10.4 Å². The Morgan fingerprint density at radius 2 is 2.00 bits per heavy atom. The second-order valence-corrected chi connectivity index (χ2v) is 7.54. The van der Waals surface area contributed by atoms with Crippen molar-refractivity contribution in [3.63, 3.8) is 0 Å². The molecule has 0 bridgehead atoms. The van der Waals surface area contributed by atoms with Crippen molar-refractivity contribution in [1.29, 1.82) is 0 Å². The van der Waals surface area contributed by atoms with E-state index in [0.717, 1.165) is 22.6 Å². The number of nitrogens with zero attached hydrogens (tertiary/aromatic N) is 2. The van der Waals surface area contributed by atoms with Crippen molar-refractivity contribution < 1.29 is 23.1 Å². The third-order valence-corrected chi connectivity index (χ3v) is 5.40. The van der Waals surface area contributed by atoms with E-state index in [2.05, 4.69) is 4.98 Å². The van der Waals surface area contributed by atoms with Crippen molar-refractivity contribution in [2.24, 2.45) is 0 Å². The van der Waals surface area contributed by atoms with Crippen molar-refractivity contribution in [3.8, 4) is 5.75 Å². The summed E-state index contributed by atoms with van der Waals surface area (Å²) in [6, 6.07) is 3.65. The topological polar surface area (TPSA) is 95.0 Å². The Balaban J connectivity index is 1.52. The smallest absolute Gasteiger partial charge is 0.339 e. The summed E-state index contributed by atoms with van der Waals surface area (Å²) in [6.45, 7) is 6.57. The molecule has 0 atom stereocenters. The maximum Gasteiger partial charge on any atom is 0.339 e. The number of benzene rings is 1. The second-order valence-electron chi connectivity index (χ2n) is 7.54. The summed E-state index contributed by atoms with van der Waals surface area (Å²) in [5.74, 6) is 1.71. The lowest BCUT2D eigenvalue weighted by molar-refractivity contribution is -0.134. The van der Waals surface area contributed by atoms with Crippen molar-refractivity contribution in [1.82, 2.24) is 9.88 Å². The van der Waals surface area contributed by atoms with Gasteiger partial charge in [-0.1, -0.05) is 0 Å². The molecule has 2 aromatic heterocycles. The van der Waals surface area contributed by atoms with Crippen LogP contribution in [0.3, 0.4) is 0 Å². The molecule has 1 aromatic carbocycles. The van der Waals surface area contributed by atoms with Crippen LogP contribution in [-0.4, -0.2) is 36.1 Å². The Kier molecular flexibility index (Phi) is 5.34. The highest BCUT2D eigenvalue weighted by molar-refractivity contribution is 5.88. The van der Waals surface area contributed by atoms with Gasteiger partial charge in [-0.05, 0) is 44.0 Å². The van der Waals surface area contributed by atoms with E-state index in [-0.39, 0.29) is 18.1 Å². The van der Waals surface area contributed by atoms with E-state index in [0.29, 0.717) is 54.3 Å². The highest BCUT2D eigenvalue weighted by Gasteiger charge is 2.26. The number of ether oxygens (including phenoxy) is 2. The second kappa shape index (κ2) is 7.95. The molecular weight excluding hydrogens is 388 g/mol. The molecule has 3 aromatic rings. The number of hydrogen-bond acceptors (Lipinski definition) is 7. The number of carbonyl (C=O) groups is 1. The quantitative estimate of drug-likeness (QED) is 0.595. The summed E-state index contributed by atoms with van der Waals surface area (Å²) in [7, 11) is 1.58. The molecule has 1 aliphatic rings. The van der Waals surface area contributed by atoms with Gasteiger partial charge in [-0.2, -0.15) is 0 Å². The lowest BCUT2D eigenvalue weighted by Gasteiger charge is -2.25. The van der Waals surface area contributed by atoms with Crippen molar-refractivity contribution in [2.75, 3.05) is 20.3 Å². The van der Waals surface area contributed by atoms with Gasteiger partial charge >= 0.3 is 5.63 Å². The predicted octanol–water partition coefficient (Wildman–Crippen LogP) is 2.82. The molecule has 1 aliphatic heterocycles. The van der Waals surface area contributed by atoms with Gasteiger partial charge in [0.05, 0.1) is 11.9 Å². The van der Waals surface area contributed by atoms with E-state index < -0.39 is 0 Å². The Hall–Kier alpha value is -3.13. The van der Waals surface area contributed by atoms with Crippen LogP contribution in [0, 0.1) is 20.8 Å². The molecule has 0 radical (unpaired) electrons. The van der Waals surface area contributed by atoms with Crippen LogP contribution in [0.2, 0.25) is 0 Å². The van der Waals surface area contributed by atoms with Gasteiger partial charge in [0, 0.05) is 25.6 Å². The molecule has 0 aliphatic carbocycles. The number of oxazole rings is 1. The van der Waals surface area contributed by atoms with Crippen LogP contribution in [0.5, 0.6) is 5.75 Å². The summed E-state index contributed by atoms with van der Waals surface area (Å²) in [4.78, 5) is 30.9. The van der Waals surface area contributed by atoms with E-state index in [1.165, 1.54) is 0 Å². The zero-order valence-corrected chi connectivity index (χ0v) is 17.5. The first-order chi connectivity index (χ1) is 14.4. The maximum atomic E-state index is 12.8. The van der Waals surface area contributed by atoms with Gasteiger partial charge in [0.25, 0.3) is 5.91 Å². The molecule has 0 N–H and O–H groups in total. The third-order valence-electron chi connectivity index (χ3n) is 5.40. The lowest BCUT2D eigenvalue weighted by Crippen LogP contribution is -2.38. The van der Waals surface area contributed by atoms with E-state index in [4.69, 9.17) is 18.3 Å². The number of aryl methyl sites for hydroxylation is 2. The predicted molar refractivity (Wildman–Crippen MR) is 109 cm³/mol. The summed E-state index contributed by atoms with van der Waals surface area (Å²) in [5, 5.41) is 0.715. The van der Waals surface area contributed by atoms with E-state index in [1.54, 1.807) is 25.0 Å². The van der Waals surface area contributed by atoms with E-state index >= 15 is 0 Å². The largest absolute Gasteiger partial charge is 0.483 e. The first-order valence-electron chi connectivity index (χ1n) is 9.79. The first-order valence-corrected chi connectivity index (χ1v) is 9.79. The standard InChI is InChI=1S/C22H24N2O6/c1-12-7-17(21-13(2)14(3)22(26)30-18(21)8-12)28-11-20(25)24-6-5-16-15(9-24)23-19(29-16)10-27-4/h7-8H,5-6,9-11H2,1-4H3. The maximum absolute atomic E-state index is 12.8. The molecule has 3 heterocycles. The van der Waals surface area contributed by atoms with Gasteiger partial charge in [-0.25, -0.2) is 9.78 Å². The van der Waals surface area contributed by atoms with Crippen LogP contribution in [-0.2, 0) is 29.1 Å². The fourth-order valence-electron chi connectivity index (χ4n) is 3.68. The summed E-state index contributed by atoms with van der Waals surface area (Å²) < 4.78 is 22.0. The molecule has 0 saturated carbocycles. The minimum absolute atomic E-state index is 0.117. The third kappa shape index (κ3) is 3.70. The summed E-state index contributed by atoms with van der Waals surface area (Å²) in [5.41, 5.74) is 3.06. The molecule has 4 rings (SSSR count). The minimum atomic E-state index is -0.364. The van der Waals surface area contributed by atoms with Crippen molar-refractivity contribution in [2.45, 2.75) is 40.3 Å². The van der Waals surface area contributed by atoms with Gasteiger partial charge in [0.1, 0.15) is 29.4 Å². The molecule has 1 amide bonds. The average molecular weight is 412 g/mol. The highest BCUT2D eigenvalue weighted by Crippen LogP contribution is 2.31. The molecule has 8 heteroatoms. The van der Waals surface area contributed by atoms with Gasteiger partial charge in [-0.3, -0.25) is 4.79 Å². The Bertz CT molecular complexity index is 1180. The van der Waals surface area contributed by atoms with Crippen molar-refractivity contribution >= 4 is 16.9 Å². The molecule has 0 saturated heterocycles. The molecule has 8 nitrogen and oxygen atoms in total. The highest BCUT2D eigenvalue weighted by atomic mass is 16.5. The normalized spacial score (nSPS) is 13.5. The molecule has 0 unspecified atom stereocenters. The molecule has 0 spiro atoms. The van der Waals surface area contributed by atoms with Gasteiger partial charge in [0.2, 0.25) is 5.89 Å². The summed E-state index contributed by atoms with van der Waals surface area (Å²) >= 11 is 0. The number of aromatic nitrogens is 1. The lowest BCUT2D eigenvalue weighted by atomic mass is 10.0. The Morgan fingerprint density at radius 3 is 2.77 bits per heavy atom. The van der Waals surface area contributed by atoms with Gasteiger partial charge < -0.3 is 23.2 Å². The number of carbonyl (C=O) groups excluding carboxylic acids is 1. The molecule has 30 heavy (non-hydrogen) atoms. The Morgan fingerprint density at radius 1 is 1.20 bits per heavy atom. The summed E-state index contributed by atoms with van der Waals surface area (Å²) in [6.07, 6.45) is 0.606. The van der Waals surface area contributed by atoms with Gasteiger partial charge in [-0.15, -0.1) is 0 Å². The Labute approximate surface area is 173 Å². The van der Waals surface area contributed by atoms with Crippen LogP contribution >= 0.6 is 0 Å². The molecular formula is C22H24N2O6. The first kappa shape index (κ1) is 20.2. The SMILES string of the molecule is COCc1nc2c(o1)CCN(C(=O)COc1cc(C)cc3oc(=O)c(C)c(C)c13)C2. The molecule has 158 valence electrons. The fraction of sp³-hybridized carbons (Fsp3) is 0.409. The zero-order chi connectivity index (χ0) is 21.4. The van der Waals surface area contributed by atoms with Crippen LogP contribution in [0.25, 0.3) is 11.0 Å². The monoisotopic (exact) mass is 412 g/mol.